The lowest BCUT2D eigenvalue weighted by Crippen LogP contribution is -2.34. The van der Waals surface area contributed by atoms with Crippen molar-refractivity contribution in [1.29, 1.82) is 0 Å². The van der Waals surface area contributed by atoms with Crippen LogP contribution in [0.25, 0.3) is 0 Å². The summed E-state index contributed by atoms with van der Waals surface area (Å²) in [6.45, 7) is 2.32. The molecule has 0 saturated heterocycles. The molecule has 0 N–H and O–H groups in total. The molecule has 0 aliphatic carbocycles. The van der Waals surface area contributed by atoms with Crippen LogP contribution in [0.3, 0.4) is 0 Å². The average Bonchev–Trinajstić information content (AvgIpc) is 2.64. The van der Waals surface area contributed by atoms with Gasteiger partial charge < -0.3 is 9.64 Å². The molecule has 0 unspecified atom stereocenters. The van der Waals surface area contributed by atoms with E-state index in [1.54, 1.807) is 36.1 Å². The van der Waals surface area contributed by atoms with Crippen LogP contribution in [0.15, 0.2) is 42.5 Å². The lowest BCUT2D eigenvalue weighted by atomic mass is 9.99. The number of benzene rings is 2. The summed E-state index contributed by atoms with van der Waals surface area (Å²) in [5.41, 5.74) is 2.68. The quantitative estimate of drug-likeness (QED) is 0.467. The van der Waals surface area contributed by atoms with Crippen LogP contribution < -0.4 is 4.90 Å². The molecule has 26 heavy (non-hydrogen) atoms. The Balaban J connectivity index is 1.89. The summed E-state index contributed by atoms with van der Waals surface area (Å²) in [5, 5.41) is 11.0. The Bertz CT molecular complexity index is 878. The van der Waals surface area contributed by atoms with Crippen LogP contribution >= 0.6 is 0 Å². The van der Waals surface area contributed by atoms with Gasteiger partial charge in [-0.25, -0.2) is 4.79 Å². The molecule has 0 aromatic heterocycles. The Hall–Kier alpha value is -3.22. The minimum atomic E-state index is -0.441. The van der Waals surface area contributed by atoms with Crippen molar-refractivity contribution < 1.29 is 19.2 Å². The predicted octanol–water partition coefficient (Wildman–Crippen LogP) is 3.25. The van der Waals surface area contributed by atoms with Gasteiger partial charge >= 0.3 is 5.97 Å². The third-order valence-corrected chi connectivity index (χ3v) is 4.25. The zero-order valence-electron chi connectivity index (χ0n) is 14.3. The van der Waals surface area contributed by atoms with Crippen LogP contribution in [0.1, 0.15) is 34.8 Å². The van der Waals surface area contributed by atoms with E-state index in [0.29, 0.717) is 30.7 Å². The zero-order chi connectivity index (χ0) is 18.7. The third kappa shape index (κ3) is 3.56. The highest BCUT2D eigenvalue weighted by molar-refractivity contribution is 5.96. The summed E-state index contributed by atoms with van der Waals surface area (Å²) in [6.07, 6.45) is 0.779. The van der Waals surface area contributed by atoms with Crippen LogP contribution in [-0.4, -0.2) is 23.4 Å². The van der Waals surface area contributed by atoms with Crippen molar-refractivity contribution in [3.63, 3.8) is 0 Å². The first-order valence-corrected chi connectivity index (χ1v) is 8.33. The van der Waals surface area contributed by atoms with Crippen LogP contribution in [0.2, 0.25) is 0 Å². The highest BCUT2D eigenvalue weighted by atomic mass is 16.6. The number of aryl methyl sites for hydroxylation is 1. The van der Waals surface area contributed by atoms with Crippen LogP contribution in [0.4, 0.5) is 11.4 Å². The second-order valence-corrected chi connectivity index (χ2v) is 5.97. The van der Waals surface area contributed by atoms with Gasteiger partial charge in [-0.05, 0) is 42.7 Å². The van der Waals surface area contributed by atoms with Gasteiger partial charge in [-0.2, -0.15) is 0 Å². The maximum Gasteiger partial charge on any atom is 0.338 e. The number of nitrogens with zero attached hydrogens (tertiary/aromatic N) is 2. The Kier molecular flexibility index (Phi) is 4.97. The number of nitro groups is 1. The smallest absolute Gasteiger partial charge is 0.338 e. The molecule has 1 amide bonds. The van der Waals surface area contributed by atoms with Gasteiger partial charge in [0.2, 0.25) is 5.91 Å². The minimum Gasteiger partial charge on any atom is -0.462 e. The molecule has 2 aromatic carbocycles. The number of ether oxygens (including phenoxy) is 1. The summed E-state index contributed by atoms with van der Waals surface area (Å²) >= 11 is 0. The van der Waals surface area contributed by atoms with Gasteiger partial charge in [-0.1, -0.05) is 12.1 Å². The number of hydrogen-bond donors (Lipinski definition) is 0. The molecule has 1 heterocycles. The Morgan fingerprint density at radius 1 is 1.23 bits per heavy atom. The average molecular weight is 354 g/mol. The lowest BCUT2D eigenvalue weighted by molar-refractivity contribution is -0.384. The van der Waals surface area contributed by atoms with Crippen molar-refractivity contribution in [3.05, 3.63) is 69.3 Å². The van der Waals surface area contributed by atoms with E-state index < -0.39 is 10.9 Å². The van der Waals surface area contributed by atoms with E-state index in [1.807, 2.05) is 6.07 Å². The largest absolute Gasteiger partial charge is 0.462 e. The summed E-state index contributed by atoms with van der Waals surface area (Å²) in [7, 11) is 0. The zero-order valence-corrected chi connectivity index (χ0v) is 14.3. The monoisotopic (exact) mass is 354 g/mol. The number of rotatable bonds is 5. The van der Waals surface area contributed by atoms with Gasteiger partial charge in [0.05, 0.1) is 23.6 Å². The second-order valence-electron chi connectivity index (χ2n) is 5.97. The van der Waals surface area contributed by atoms with Gasteiger partial charge in [-0.3, -0.25) is 14.9 Å². The molecule has 3 rings (SSSR count). The van der Waals surface area contributed by atoms with Crippen molar-refractivity contribution in [1.82, 2.24) is 0 Å². The van der Waals surface area contributed by atoms with Crippen LogP contribution in [-0.2, 0) is 22.5 Å². The first kappa shape index (κ1) is 17.6. The number of amides is 1. The lowest BCUT2D eigenvalue weighted by Gasteiger charge is -2.29. The normalized spacial score (nSPS) is 13.3. The van der Waals surface area contributed by atoms with Crippen molar-refractivity contribution in [2.75, 3.05) is 11.5 Å². The SMILES string of the molecule is CCOC(=O)c1cccc(CN2C(=O)CCc3cc([N+](=O)[O-])ccc32)c1. The molecule has 1 aliphatic heterocycles. The molecule has 134 valence electrons. The van der Waals surface area contributed by atoms with Gasteiger partial charge in [-0.15, -0.1) is 0 Å². The Morgan fingerprint density at radius 3 is 2.77 bits per heavy atom. The fourth-order valence-electron chi connectivity index (χ4n) is 3.03. The van der Waals surface area contributed by atoms with E-state index in [1.165, 1.54) is 12.1 Å². The second kappa shape index (κ2) is 7.35. The fraction of sp³-hybridized carbons (Fsp3) is 0.263. The molecule has 7 heteroatoms. The maximum atomic E-state index is 12.4. The van der Waals surface area contributed by atoms with E-state index in [-0.39, 0.29) is 18.1 Å². The number of anilines is 1. The first-order chi connectivity index (χ1) is 12.5. The summed E-state index contributed by atoms with van der Waals surface area (Å²) < 4.78 is 5.00. The van der Waals surface area contributed by atoms with E-state index in [2.05, 4.69) is 0 Å². The topological polar surface area (TPSA) is 89.8 Å². The number of carbonyl (C=O) groups excluding carboxylic acids is 2. The Labute approximate surface area is 150 Å². The highest BCUT2D eigenvalue weighted by Gasteiger charge is 2.26. The van der Waals surface area contributed by atoms with E-state index in [0.717, 1.165) is 11.1 Å². The van der Waals surface area contributed by atoms with E-state index >= 15 is 0 Å². The van der Waals surface area contributed by atoms with Gasteiger partial charge in [0.15, 0.2) is 0 Å². The summed E-state index contributed by atoms with van der Waals surface area (Å²) in [4.78, 5) is 36.4. The number of hydrogen-bond acceptors (Lipinski definition) is 5. The molecule has 2 aromatic rings. The van der Waals surface area contributed by atoms with Crippen LogP contribution in [0, 0.1) is 10.1 Å². The van der Waals surface area contributed by atoms with E-state index in [9.17, 15) is 19.7 Å². The van der Waals surface area contributed by atoms with Gasteiger partial charge in [0, 0.05) is 24.2 Å². The van der Waals surface area contributed by atoms with Crippen LogP contribution in [0.5, 0.6) is 0 Å². The number of fused-ring (bicyclic) bond motifs is 1. The number of nitro benzene ring substituents is 1. The molecule has 7 nitrogen and oxygen atoms in total. The molecule has 0 bridgehead atoms. The van der Waals surface area contributed by atoms with E-state index in [4.69, 9.17) is 4.74 Å². The number of carbonyl (C=O) groups is 2. The molecule has 0 spiro atoms. The van der Waals surface area contributed by atoms with Gasteiger partial charge in [0.1, 0.15) is 0 Å². The number of non-ortho nitro benzene ring substituents is 1. The van der Waals surface area contributed by atoms with Crippen molar-refractivity contribution in [2.24, 2.45) is 0 Å². The third-order valence-electron chi connectivity index (χ3n) is 4.25. The molecule has 0 atom stereocenters. The van der Waals surface area contributed by atoms with Crippen molar-refractivity contribution in [2.45, 2.75) is 26.3 Å². The molecule has 0 saturated carbocycles. The predicted molar refractivity (Wildman–Crippen MR) is 95.0 cm³/mol. The first-order valence-electron chi connectivity index (χ1n) is 8.33. The van der Waals surface area contributed by atoms with Crippen molar-refractivity contribution in [3.8, 4) is 0 Å². The molecule has 0 radical (unpaired) electrons. The number of esters is 1. The minimum absolute atomic E-state index is 0.0161. The Morgan fingerprint density at radius 2 is 2.04 bits per heavy atom. The summed E-state index contributed by atoms with van der Waals surface area (Å²) in [6, 6.07) is 11.5. The maximum absolute atomic E-state index is 12.4. The summed E-state index contributed by atoms with van der Waals surface area (Å²) in [5.74, 6) is -0.455. The molecular weight excluding hydrogens is 336 g/mol. The van der Waals surface area contributed by atoms with Crippen molar-refractivity contribution >= 4 is 23.3 Å². The molecule has 0 fully saturated rings. The highest BCUT2D eigenvalue weighted by Crippen LogP contribution is 2.32. The molecular formula is C19H18N2O5. The standard InChI is InChI=1S/C19H18N2O5/c1-2-26-19(23)15-5-3-4-13(10-15)12-20-17-8-7-16(21(24)25)11-14(17)6-9-18(20)22/h3-5,7-8,10-11H,2,6,9,12H2,1H3. The van der Waals surface area contributed by atoms with Gasteiger partial charge in [0.25, 0.3) is 5.69 Å². The molecule has 1 aliphatic rings. The fourth-order valence-corrected chi connectivity index (χ4v) is 3.03.